The molecule has 1 rings (SSSR count). The van der Waals surface area contributed by atoms with Gasteiger partial charge in [-0.25, -0.2) is 9.37 Å². The standard InChI is InChI=1S/C8H5F2NS/c9-7-4-6(2-1-3-12)5-11-8(7)10/h4-5,12H,3H2. The van der Waals surface area contributed by atoms with Gasteiger partial charge in [0.1, 0.15) is 0 Å². The van der Waals surface area contributed by atoms with E-state index in [0.717, 1.165) is 6.07 Å². The summed E-state index contributed by atoms with van der Waals surface area (Å²) in [4.78, 5) is 3.16. The van der Waals surface area contributed by atoms with Crippen molar-refractivity contribution in [3.63, 3.8) is 0 Å². The predicted molar refractivity (Wildman–Crippen MR) is 44.9 cm³/mol. The molecule has 1 aromatic heterocycles. The van der Waals surface area contributed by atoms with Crippen molar-refractivity contribution in [2.75, 3.05) is 5.75 Å². The van der Waals surface area contributed by atoms with Gasteiger partial charge in [0.15, 0.2) is 5.82 Å². The maximum absolute atomic E-state index is 12.5. The van der Waals surface area contributed by atoms with Gasteiger partial charge in [0, 0.05) is 11.8 Å². The van der Waals surface area contributed by atoms with Crippen LogP contribution in [0.4, 0.5) is 8.78 Å². The van der Waals surface area contributed by atoms with Crippen molar-refractivity contribution in [2.45, 2.75) is 0 Å². The second-order valence-electron chi connectivity index (χ2n) is 1.96. The number of pyridine rings is 1. The monoisotopic (exact) mass is 185 g/mol. The number of halogens is 2. The van der Waals surface area contributed by atoms with Gasteiger partial charge < -0.3 is 0 Å². The summed E-state index contributed by atoms with van der Waals surface area (Å²) < 4.78 is 24.8. The summed E-state index contributed by atoms with van der Waals surface area (Å²) in [6, 6.07) is 0.999. The molecule has 1 nitrogen and oxygen atoms in total. The maximum Gasteiger partial charge on any atom is 0.248 e. The van der Waals surface area contributed by atoms with Gasteiger partial charge in [0.25, 0.3) is 0 Å². The molecule has 0 saturated heterocycles. The van der Waals surface area contributed by atoms with Gasteiger partial charge >= 0.3 is 0 Å². The summed E-state index contributed by atoms with van der Waals surface area (Å²) in [5.74, 6) is 3.45. The van der Waals surface area contributed by atoms with E-state index in [4.69, 9.17) is 0 Å². The summed E-state index contributed by atoms with van der Waals surface area (Å²) >= 11 is 3.84. The van der Waals surface area contributed by atoms with Crippen LogP contribution in [0.15, 0.2) is 12.3 Å². The lowest BCUT2D eigenvalue weighted by molar-refractivity contribution is 0.479. The lowest BCUT2D eigenvalue weighted by Gasteiger charge is -1.91. The minimum atomic E-state index is -1.11. The van der Waals surface area contributed by atoms with Crippen LogP contribution in [0.5, 0.6) is 0 Å². The second-order valence-corrected chi connectivity index (χ2v) is 2.27. The van der Waals surface area contributed by atoms with Crippen LogP contribution in [-0.4, -0.2) is 10.7 Å². The van der Waals surface area contributed by atoms with Crippen LogP contribution < -0.4 is 0 Å². The molecule has 0 saturated carbocycles. The molecular weight excluding hydrogens is 180 g/mol. The van der Waals surface area contributed by atoms with Crippen molar-refractivity contribution in [1.82, 2.24) is 4.98 Å². The molecule has 0 radical (unpaired) electrons. The maximum atomic E-state index is 12.5. The molecule has 0 N–H and O–H groups in total. The van der Waals surface area contributed by atoms with E-state index in [9.17, 15) is 8.78 Å². The summed E-state index contributed by atoms with van der Waals surface area (Å²) in [6.45, 7) is 0. The van der Waals surface area contributed by atoms with E-state index in [0.29, 0.717) is 11.3 Å². The molecule has 0 aliphatic carbocycles. The van der Waals surface area contributed by atoms with Gasteiger partial charge in [-0.1, -0.05) is 11.8 Å². The fourth-order valence-electron chi connectivity index (χ4n) is 0.631. The first kappa shape index (κ1) is 9.01. The topological polar surface area (TPSA) is 12.9 Å². The number of hydrogen-bond donors (Lipinski definition) is 1. The third kappa shape index (κ3) is 2.21. The van der Waals surface area contributed by atoms with Crippen molar-refractivity contribution in [3.05, 3.63) is 29.6 Å². The van der Waals surface area contributed by atoms with E-state index >= 15 is 0 Å². The van der Waals surface area contributed by atoms with Gasteiger partial charge in [-0.15, -0.1) is 0 Å². The molecule has 1 aromatic rings. The van der Waals surface area contributed by atoms with Gasteiger partial charge in [0.2, 0.25) is 5.95 Å². The van der Waals surface area contributed by atoms with E-state index in [1.54, 1.807) is 0 Å². The Morgan fingerprint density at radius 2 is 2.25 bits per heavy atom. The van der Waals surface area contributed by atoms with Crippen molar-refractivity contribution in [2.24, 2.45) is 0 Å². The number of nitrogens with zero attached hydrogens (tertiary/aromatic N) is 1. The Morgan fingerprint density at radius 3 is 2.83 bits per heavy atom. The molecule has 0 atom stereocenters. The Labute approximate surface area is 74.2 Å². The summed E-state index contributed by atoms with van der Waals surface area (Å²) in [7, 11) is 0. The summed E-state index contributed by atoms with van der Waals surface area (Å²) in [5, 5.41) is 0. The molecule has 0 unspecified atom stereocenters. The highest BCUT2D eigenvalue weighted by Crippen LogP contribution is 2.03. The molecule has 0 amide bonds. The Morgan fingerprint density at radius 1 is 1.50 bits per heavy atom. The number of aromatic nitrogens is 1. The van der Waals surface area contributed by atoms with Gasteiger partial charge in [-0.2, -0.15) is 17.0 Å². The molecule has 0 aromatic carbocycles. The van der Waals surface area contributed by atoms with Crippen LogP contribution in [0.25, 0.3) is 0 Å². The minimum Gasteiger partial charge on any atom is -0.224 e. The Hall–Kier alpha value is -1.08. The second kappa shape index (κ2) is 4.07. The molecule has 1 heterocycles. The van der Waals surface area contributed by atoms with Crippen LogP contribution in [0.2, 0.25) is 0 Å². The first-order valence-electron chi connectivity index (χ1n) is 3.15. The SMILES string of the molecule is Fc1cc(C#CCS)cnc1F. The average molecular weight is 185 g/mol. The Balaban J connectivity index is 2.97. The minimum absolute atomic E-state index is 0.350. The number of hydrogen-bond acceptors (Lipinski definition) is 2. The summed E-state index contributed by atoms with van der Waals surface area (Å²) in [6.07, 6.45) is 1.18. The zero-order valence-electron chi connectivity index (χ0n) is 6.01. The Kier molecular flexibility index (Phi) is 3.06. The van der Waals surface area contributed by atoms with E-state index in [1.165, 1.54) is 6.20 Å². The third-order valence-electron chi connectivity index (χ3n) is 1.11. The highest BCUT2D eigenvalue weighted by Gasteiger charge is 2.01. The lowest BCUT2D eigenvalue weighted by Crippen LogP contribution is -1.89. The normalized spacial score (nSPS) is 8.92. The quantitative estimate of drug-likeness (QED) is 0.368. The van der Waals surface area contributed by atoms with Gasteiger partial charge in [0.05, 0.1) is 5.75 Å². The highest BCUT2D eigenvalue weighted by molar-refractivity contribution is 7.80. The van der Waals surface area contributed by atoms with Crippen LogP contribution >= 0.6 is 12.6 Å². The molecular formula is C8H5F2NS. The number of rotatable bonds is 0. The molecule has 0 bridgehead atoms. The van der Waals surface area contributed by atoms with Gasteiger partial charge in [-0.3, -0.25) is 0 Å². The van der Waals surface area contributed by atoms with Gasteiger partial charge in [-0.05, 0) is 6.07 Å². The molecule has 62 valence electrons. The van der Waals surface area contributed by atoms with Crippen LogP contribution in [0, 0.1) is 23.6 Å². The van der Waals surface area contributed by atoms with Crippen LogP contribution in [-0.2, 0) is 0 Å². The molecule has 4 heteroatoms. The molecule has 0 fully saturated rings. The summed E-state index contributed by atoms with van der Waals surface area (Å²) in [5.41, 5.74) is 0.350. The average Bonchev–Trinajstić information content (AvgIpc) is 2.07. The molecule has 0 aliphatic heterocycles. The molecule has 12 heavy (non-hydrogen) atoms. The number of thiol groups is 1. The largest absolute Gasteiger partial charge is 0.248 e. The zero-order valence-corrected chi connectivity index (χ0v) is 6.91. The van der Waals surface area contributed by atoms with Crippen molar-refractivity contribution < 1.29 is 8.78 Å². The van der Waals surface area contributed by atoms with E-state index in [-0.39, 0.29) is 0 Å². The molecule has 0 spiro atoms. The molecule has 0 aliphatic rings. The third-order valence-corrected chi connectivity index (χ3v) is 1.27. The first-order chi connectivity index (χ1) is 5.74. The lowest BCUT2D eigenvalue weighted by atomic mass is 10.3. The van der Waals surface area contributed by atoms with E-state index in [2.05, 4.69) is 29.5 Å². The first-order valence-corrected chi connectivity index (χ1v) is 3.78. The fraction of sp³-hybridized carbons (Fsp3) is 0.125. The van der Waals surface area contributed by atoms with E-state index in [1.807, 2.05) is 0 Å². The van der Waals surface area contributed by atoms with Crippen LogP contribution in [0.1, 0.15) is 5.56 Å². The van der Waals surface area contributed by atoms with Crippen molar-refractivity contribution in [3.8, 4) is 11.8 Å². The van der Waals surface area contributed by atoms with Crippen molar-refractivity contribution >= 4 is 12.6 Å². The Bertz CT molecular complexity index is 341. The predicted octanol–water partition coefficient (Wildman–Crippen LogP) is 1.64. The highest BCUT2D eigenvalue weighted by atomic mass is 32.1. The fourth-order valence-corrected chi connectivity index (χ4v) is 0.710. The smallest absolute Gasteiger partial charge is 0.224 e. The van der Waals surface area contributed by atoms with Crippen LogP contribution in [0.3, 0.4) is 0 Å². The van der Waals surface area contributed by atoms with E-state index < -0.39 is 11.8 Å². The van der Waals surface area contributed by atoms with Crippen molar-refractivity contribution in [1.29, 1.82) is 0 Å². The zero-order chi connectivity index (χ0) is 8.97.